The minimum Gasteiger partial charge on any atom is -0.493 e. The Kier molecular flexibility index (Phi) is 9.62. The van der Waals surface area contributed by atoms with Crippen LogP contribution >= 0.6 is 0 Å². The second-order valence-electron chi connectivity index (χ2n) is 8.95. The summed E-state index contributed by atoms with van der Waals surface area (Å²) in [6.07, 6.45) is 6.35. The third-order valence-corrected chi connectivity index (χ3v) is 5.96. The van der Waals surface area contributed by atoms with E-state index in [4.69, 9.17) is 14.2 Å². The topological polar surface area (TPSA) is 74.7 Å². The van der Waals surface area contributed by atoms with Gasteiger partial charge in [0.05, 0.1) is 18.8 Å². The van der Waals surface area contributed by atoms with Crippen LogP contribution in [-0.2, 0) is 11.2 Å². The minimum atomic E-state index is -0.454. The van der Waals surface area contributed by atoms with E-state index in [2.05, 4.69) is 11.9 Å². The van der Waals surface area contributed by atoms with Gasteiger partial charge in [-0.1, -0.05) is 55.0 Å². The smallest absolute Gasteiger partial charge is 0.338 e. The van der Waals surface area contributed by atoms with Crippen LogP contribution in [0.15, 0.2) is 97.2 Å². The summed E-state index contributed by atoms with van der Waals surface area (Å²) >= 11 is 0. The van der Waals surface area contributed by atoms with Crippen molar-refractivity contribution in [3.8, 4) is 17.4 Å². The molecular formula is C33H31NO5. The van der Waals surface area contributed by atoms with Gasteiger partial charge in [-0.25, -0.2) is 9.78 Å². The molecule has 0 atom stereocenters. The number of nitrogens with zero attached hydrogens (tertiary/aromatic N) is 1. The van der Waals surface area contributed by atoms with Gasteiger partial charge in [-0.3, -0.25) is 4.79 Å². The van der Waals surface area contributed by atoms with Crippen LogP contribution < -0.4 is 9.47 Å². The number of carbonyl (C=O) groups is 2. The van der Waals surface area contributed by atoms with Crippen LogP contribution in [0.3, 0.4) is 0 Å². The number of ether oxygens (including phenoxy) is 3. The number of esters is 1. The number of benzene rings is 3. The summed E-state index contributed by atoms with van der Waals surface area (Å²) in [5, 5.41) is 0. The van der Waals surface area contributed by atoms with E-state index in [1.54, 1.807) is 48.6 Å². The molecule has 198 valence electrons. The molecule has 0 spiro atoms. The Morgan fingerprint density at radius 2 is 1.54 bits per heavy atom. The fourth-order valence-electron chi connectivity index (χ4n) is 3.66. The molecule has 0 bridgehead atoms. The number of allylic oxidation sites excluding steroid dienone is 1. The van der Waals surface area contributed by atoms with Crippen molar-refractivity contribution >= 4 is 17.8 Å². The first-order valence-corrected chi connectivity index (χ1v) is 12.9. The van der Waals surface area contributed by atoms with E-state index in [0.29, 0.717) is 41.5 Å². The number of hydrogen-bond acceptors (Lipinski definition) is 6. The van der Waals surface area contributed by atoms with Crippen molar-refractivity contribution in [2.75, 3.05) is 13.2 Å². The number of pyridine rings is 1. The second-order valence-corrected chi connectivity index (χ2v) is 8.95. The van der Waals surface area contributed by atoms with Gasteiger partial charge in [0.2, 0.25) is 5.88 Å². The van der Waals surface area contributed by atoms with E-state index in [1.165, 1.54) is 17.3 Å². The first-order chi connectivity index (χ1) is 19.0. The van der Waals surface area contributed by atoms with Crippen LogP contribution in [0.2, 0.25) is 0 Å². The number of ketones is 1. The average Bonchev–Trinajstić information content (AvgIpc) is 2.97. The molecule has 0 radical (unpaired) electrons. The molecule has 1 heterocycles. The molecule has 39 heavy (non-hydrogen) atoms. The lowest BCUT2D eigenvalue weighted by Crippen LogP contribution is -2.09. The number of carbonyl (C=O) groups excluding carboxylic acids is 2. The quantitative estimate of drug-likeness (QED) is 0.0845. The largest absolute Gasteiger partial charge is 0.493 e. The minimum absolute atomic E-state index is 0.0758. The Hall–Kier alpha value is -4.71. The van der Waals surface area contributed by atoms with Gasteiger partial charge < -0.3 is 14.2 Å². The zero-order chi connectivity index (χ0) is 27.5. The predicted octanol–water partition coefficient (Wildman–Crippen LogP) is 7.27. The molecule has 0 aliphatic rings. The van der Waals surface area contributed by atoms with Gasteiger partial charge in [0.1, 0.15) is 11.5 Å². The first kappa shape index (κ1) is 27.3. The molecule has 1 aromatic heterocycles. The fourth-order valence-corrected chi connectivity index (χ4v) is 3.66. The van der Waals surface area contributed by atoms with E-state index in [1.807, 2.05) is 55.5 Å². The summed E-state index contributed by atoms with van der Waals surface area (Å²) in [5.41, 5.74) is 4.31. The van der Waals surface area contributed by atoms with Crippen LogP contribution in [0, 0.1) is 6.92 Å². The molecule has 0 aliphatic carbocycles. The van der Waals surface area contributed by atoms with Crippen molar-refractivity contribution in [2.45, 2.75) is 26.7 Å². The maximum Gasteiger partial charge on any atom is 0.338 e. The number of aromatic nitrogens is 1. The highest BCUT2D eigenvalue weighted by atomic mass is 16.5. The van der Waals surface area contributed by atoms with Gasteiger partial charge in [-0.15, -0.1) is 0 Å². The molecule has 6 heteroatoms. The average molecular weight is 522 g/mol. The number of rotatable bonds is 12. The Labute approximate surface area is 228 Å². The van der Waals surface area contributed by atoms with Gasteiger partial charge in [0, 0.05) is 24.2 Å². The molecule has 0 N–H and O–H groups in total. The van der Waals surface area contributed by atoms with Crippen molar-refractivity contribution in [3.63, 3.8) is 0 Å². The van der Waals surface area contributed by atoms with E-state index >= 15 is 0 Å². The Bertz CT molecular complexity index is 1410. The molecule has 0 aliphatic heterocycles. The normalized spacial score (nSPS) is 10.8. The maximum absolute atomic E-state index is 12.4. The summed E-state index contributed by atoms with van der Waals surface area (Å²) in [7, 11) is 0. The zero-order valence-electron chi connectivity index (χ0n) is 22.1. The summed E-state index contributed by atoms with van der Waals surface area (Å²) in [6.45, 7) is 4.69. The van der Waals surface area contributed by atoms with Crippen LogP contribution in [0.4, 0.5) is 0 Å². The SMILES string of the molecule is CCc1ccc(Oc2cc(C(=O)OCCCOc3ccc(C(=O)/C=C/c4ccc(C)cc4)cc3)ccn2)cc1. The first-order valence-electron chi connectivity index (χ1n) is 12.9. The highest BCUT2D eigenvalue weighted by Gasteiger charge is 2.10. The van der Waals surface area contributed by atoms with E-state index < -0.39 is 5.97 Å². The lowest BCUT2D eigenvalue weighted by molar-refractivity contribution is 0.0485. The molecule has 0 amide bonds. The van der Waals surface area contributed by atoms with Crippen LogP contribution in [0.5, 0.6) is 17.4 Å². The summed E-state index contributed by atoms with van der Waals surface area (Å²) in [5.74, 6) is 1.09. The van der Waals surface area contributed by atoms with E-state index in [9.17, 15) is 9.59 Å². The van der Waals surface area contributed by atoms with Gasteiger partial charge in [-0.05, 0) is 73.0 Å². The highest BCUT2D eigenvalue weighted by molar-refractivity contribution is 6.06. The van der Waals surface area contributed by atoms with Crippen molar-refractivity contribution in [3.05, 3.63) is 125 Å². The number of hydrogen-bond donors (Lipinski definition) is 0. The Morgan fingerprint density at radius 1 is 0.821 bits per heavy atom. The van der Waals surface area contributed by atoms with Crippen molar-refractivity contribution in [2.24, 2.45) is 0 Å². The number of aryl methyl sites for hydroxylation is 2. The molecular weight excluding hydrogens is 490 g/mol. The van der Waals surface area contributed by atoms with Crippen LogP contribution in [0.25, 0.3) is 6.08 Å². The fraction of sp³-hybridized carbons (Fsp3) is 0.182. The summed E-state index contributed by atoms with van der Waals surface area (Å²) in [6, 6.07) is 25.8. The highest BCUT2D eigenvalue weighted by Crippen LogP contribution is 2.21. The van der Waals surface area contributed by atoms with Gasteiger partial charge in [0.15, 0.2) is 5.78 Å². The third kappa shape index (κ3) is 8.40. The second kappa shape index (κ2) is 13.7. The standard InChI is InChI=1S/C33H31NO5/c1-3-25-9-14-30(15-10-25)39-32-23-28(19-20-34-32)33(36)38-22-4-21-37-29-16-12-27(13-17-29)31(35)18-11-26-7-5-24(2)6-8-26/h5-20,23H,3-4,21-22H2,1-2H3/b18-11+. The Balaban J connectivity index is 1.18. The third-order valence-electron chi connectivity index (χ3n) is 5.96. The zero-order valence-corrected chi connectivity index (χ0v) is 22.1. The van der Waals surface area contributed by atoms with Crippen molar-refractivity contribution in [1.82, 2.24) is 4.98 Å². The van der Waals surface area contributed by atoms with Crippen LogP contribution in [0.1, 0.15) is 50.8 Å². The molecule has 0 unspecified atom stereocenters. The maximum atomic E-state index is 12.4. The van der Waals surface area contributed by atoms with Crippen molar-refractivity contribution < 1.29 is 23.8 Å². The Morgan fingerprint density at radius 3 is 2.26 bits per heavy atom. The molecule has 0 saturated heterocycles. The molecule has 0 saturated carbocycles. The van der Waals surface area contributed by atoms with Gasteiger partial charge in [0.25, 0.3) is 0 Å². The van der Waals surface area contributed by atoms with E-state index in [0.717, 1.165) is 12.0 Å². The molecule has 4 rings (SSSR count). The van der Waals surface area contributed by atoms with Crippen LogP contribution in [-0.4, -0.2) is 30.0 Å². The van der Waals surface area contributed by atoms with Gasteiger partial charge >= 0.3 is 5.97 Å². The molecule has 6 nitrogen and oxygen atoms in total. The molecule has 4 aromatic rings. The predicted molar refractivity (Wildman–Crippen MR) is 152 cm³/mol. The van der Waals surface area contributed by atoms with Crippen molar-refractivity contribution in [1.29, 1.82) is 0 Å². The summed E-state index contributed by atoms with van der Waals surface area (Å²) in [4.78, 5) is 29.0. The molecule has 0 fully saturated rings. The molecule has 3 aromatic carbocycles. The lowest BCUT2D eigenvalue weighted by Gasteiger charge is -2.09. The van der Waals surface area contributed by atoms with Gasteiger partial charge in [-0.2, -0.15) is 0 Å². The monoisotopic (exact) mass is 521 g/mol. The summed E-state index contributed by atoms with van der Waals surface area (Å²) < 4.78 is 16.8. The van der Waals surface area contributed by atoms with E-state index in [-0.39, 0.29) is 12.4 Å². The lowest BCUT2D eigenvalue weighted by atomic mass is 10.1.